The minimum atomic E-state index is -1.07. The molecule has 0 radical (unpaired) electrons. The number of carbonyl (C=O) groups excluding carboxylic acids is 1. The first-order chi connectivity index (χ1) is 25.3. The van der Waals surface area contributed by atoms with Gasteiger partial charge in [-0.1, -0.05) is 35.3 Å². The Morgan fingerprint density at radius 3 is 2.38 bits per heavy atom. The van der Waals surface area contributed by atoms with Gasteiger partial charge in [0.25, 0.3) is 5.91 Å². The highest BCUT2D eigenvalue weighted by Gasteiger charge is 2.33. The Bertz CT molecular complexity index is 2420. The van der Waals surface area contributed by atoms with E-state index in [0.717, 1.165) is 72.1 Å². The summed E-state index contributed by atoms with van der Waals surface area (Å²) in [5, 5.41) is 17.1. The summed E-state index contributed by atoms with van der Waals surface area (Å²) < 4.78 is 10.2. The quantitative estimate of drug-likeness (QED) is 0.148. The number of hydrogen-bond donors (Lipinski definition) is 1. The van der Waals surface area contributed by atoms with Gasteiger partial charge in [-0.15, -0.1) is 0 Å². The average Bonchev–Trinajstić information content (AvgIpc) is 3.49. The predicted octanol–water partition coefficient (Wildman–Crippen LogP) is 9.71. The molecule has 53 heavy (non-hydrogen) atoms. The molecule has 272 valence electrons. The topological polar surface area (TPSA) is 102 Å². The average molecular weight is 751 g/mol. The zero-order valence-corrected chi connectivity index (χ0v) is 32.2. The van der Waals surface area contributed by atoms with Crippen molar-refractivity contribution in [1.29, 1.82) is 0 Å². The summed E-state index contributed by atoms with van der Waals surface area (Å²) in [6, 6.07) is 16.6. The van der Waals surface area contributed by atoms with E-state index in [9.17, 15) is 9.90 Å². The van der Waals surface area contributed by atoms with Crippen LogP contribution in [0.4, 0.5) is 5.69 Å². The number of fused-ring (bicyclic) bond motifs is 3. The number of nitrogens with zero attached hydrogens (tertiary/aromatic N) is 5. The fourth-order valence-electron chi connectivity index (χ4n) is 7.71. The molecule has 0 fully saturated rings. The summed E-state index contributed by atoms with van der Waals surface area (Å²) in [4.78, 5) is 33.7. The number of ether oxygens (including phenoxy) is 1. The molecular weight excluding hydrogens is 709 g/mol. The van der Waals surface area contributed by atoms with Crippen molar-refractivity contribution >= 4 is 51.7 Å². The predicted molar refractivity (Wildman–Crippen MR) is 211 cm³/mol. The third-order valence-electron chi connectivity index (χ3n) is 10.3. The lowest BCUT2D eigenvalue weighted by Gasteiger charge is -2.23. The molecule has 9 nitrogen and oxygen atoms in total. The fourth-order valence-corrected chi connectivity index (χ4v) is 8.07. The highest BCUT2D eigenvalue weighted by molar-refractivity contribution is 6.35. The van der Waals surface area contributed by atoms with Crippen LogP contribution in [0.2, 0.25) is 10.0 Å². The van der Waals surface area contributed by atoms with Crippen LogP contribution in [0.1, 0.15) is 67.5 Å². The number of aryl methyl sites for hydroxylation is 7. The molecular formula is C42H41Cl2N5O4. The summed E-state index contributed by atoms with van der Waals surface area (Å²) in [5.41, 5.74) is 10.8. The maximum absolute atomic E-state index is 15.1. The van der Waals surface area contributed by atoms with E-state index >= 15 is 4.79 Å². The number of rotatable bonds is 9. The Balaban J connectivity index is 1.37. The Kier molecular flexibility index (Phi) is 9.83. The smallest absolute Gasteiger partial charge is 0.335 e. The number of halogens is 2. The number of benzene rings is 3. The number of anilines is 1. The van der Waals surface area contributed by atoms with Gasteiger partial charge in [0.05, 0.1) is 28.4 Å². The second-order valence-corrected chi connectivity index (χ2v) is 14.6. The van der Waals surface area contributed by atoms with Gasteiger partial charge < -0.3 is 19.3 Å². The molecule has 0 spiro atoms. The first-order valence-corrected chi connectivity index (χ1v) is 18.5. The van der Waals surface area contributed by atoms with Crippen LogP contribution in [0.25, 0.3) is 33.2 Å². The SMILES string of the molecule is Cc1cc(OCCCc2c3n(c4c(-c5c(C)nn(C)c5C)c(Cl)ccc24)CCCN(c2cc(C(=O)O)cc(-c4cccnc4C)c2)C3=O)cc(C)c1Cl. The molecule has 0 saturated carbocycles. The number of aromatic carboxylic acids is 1. The van der Waals surface area contributed by atoms with Crippen LogP contribution in [0.3, 0.4) is 0 Å². The van der Waals surface area contributed by atoms with Crippen LogP contribution in [0.5, 0.6) is 5.75 Å². The van der Waals surface area contributed by atoms with Gasteiger partial charge in [0.15, 0.2) is 0 Å². The number of carboxylic acid groups (broad SMARTS) is 1. The molecule has 1 aliphatic heterocycles. The molecule has 0 atom stereocenters. The van der Waals surface area contributed by atoms with Crippen LogP contribution in [0.15, 0.2) is 60.8 Å². The van der Waals surface area contributed by atoms with Gasteiger partial charge >= 0.3 is 5.97 Å². The molecule has 7 rings (SSSR count). The third-order valence-corrected chi connectivity index (χ3v) is 11.2. The van der Waals surface area contributed by atoms with Gasteiger partial charge in [0.2, 0.25) is 0 Å². The number of pyridine rings is 1. The summed E-state index contributed by atoms with van der Waals surface area (Å²) in [6.45, 7) is 11.2. The molecule has 3 aromatic heterocycles. The maximum Gasteiger partial charge on any atom is 0.335 e. The summed E-state index contributed by atoms with van der Waals surface area (Å²) in [6.07, 6.45) is 3.54. The molecule has 1 N–H and O–H groups in total. The molecule has 11 heteroatoms. The van der Waals surface area contributed by atoms with Crippen molar-refractivity contribution in [2.24, 2.45) is 7.05 Å². The number of amides is 1. The molecule has 0 unspecified atom stereocenters. The Hall–Kier alpha value is -5.12. The van der Waals surface area contributed by atoms with Crippen molar-refractivity contribution in [3.63, 3.8) is 0 Å². The van der Waals surface area contributed by atoms with Crippen LogP contribution in [-0.2, 0) is 20.0 Å². The molecule has 0 aliphatic carbocycles. The standard InChI is InChI=1S/C42H41Cl2N5O4/c1-23-18-31(19-24(2)38(23)44)53-17-8-11-33-34-12-13-35(43)37(36-26(4)46-47(6)27(36)5)39(34)49-16-9-15-48(41(50)40(33)49)30-21-28(20-29(22-30)42(51)52)32-10-7-14-45-25(32)3/h7,10,12-14,18-22H,8-9,11,15-17H2,1-6H3,(H,51,52). The molecule has 3 aromatic carbocycles. The van der Waals surface area contributed by atoms with Crippen molar-refractivity contribution in [2.45, 2.75) is 60.4 Å². The number of hydrogen-bond acceptors (Lipinski definition) is 5. The maximum atomic E-state index is 15.1. The molecule has 1 amide bonds. The third kappa shape index (κ3) is 6.57. The van der Waals surface area contributed by atoms with Gasteiger partial charge in [-0.2, -0.15) is 5.10 Å². The summed E-state index contributed by atoms with van der Waals surface area (Å²) in [7, 11) is 1.92. The largest absolute Gasteiger partial charge is 0.494 e. The monoisotopic (exact) mass is 749 g/mol. The molecule has 6 aromatic rings. The van der Waals surface area contributed by atoms with Crippen LogP contribution < -0.4 is 9.64 Å². The van der Waals surface area contributed by atoms with E-state index in [1.165, 1.54) is 0 Å². The zero-order chi connectivity index (χ0) is 37.7. The lowest BCUT2D eigenvalue weighted by molar-refractivity contribution is 0.0696. The van der Waals surface area contributed by atoms with Crippen LogP contribution in [0, 0.1) is 34.6 Å². The van der Waals surface area contributed by atoms with Crippen molar-refractivity contribution in [3.05, 3.63) is 116 Å². The minimum Gasteiger partial charge on any atom is -0.494 e. The molecule has 1 aliphatic rings. The van der Waals surface area contributed by atoms with Crippen molar-refractivity contribution in [3.8, 4) is 28.0 Å². The first kappa shape index (κ1) is 36.2. The van der Waals surface area contributed by atoms with Gasteiger partial charge in [0.1, 0.15) is 11.4 Å². The van der Waals surface area contributed by atoms with E-state index in [2.05, 4.69) is 9.55 Å². The zero-order valence-electron chi connectivity index (χ0n) is 30.7. The first-order valence-electron chi connectivity index (χ1n) is 17.7. The van der Waals surface area contributed by atoms with Gasteiger partial charge in [-0.05, 0) is 119 Å². The Morgan fingerprint density at radius 1 is 0.943 bits per heavy atom. The summed E-state index contributed by atoms with van der Waals surface area (Å²) >= 11 is 13.5. The normalized spacial score (nSPS) is 13.1. The number of carboxylic acids is 1. The van der Waals surface area contributed by atoms with Gasteiger partial charge in [-0.3, -0.25) is 14.5 Å². The van der Waals surface area contributed by atoms with Gasteiger partial charge in [0, 0.05) is 70.5 Å². The van der Waals surface area contributed by atoms with Crippen LogP contribution >= 0.6 is 23.2 Å². The highest BCUT2D eigenvalue weighted by Crippen LogP contribution is 2.43. The van der Waals surface area contributed by atoms with Crippen molar-refractivity contribution in [1.82, 2.24) is 19.3 Å². The summed E-state index contributed by atoms with van der Waals surface area (Å²) in [5.74, 6) is -0.516. The Labute approximate surface area is 318 Å². The number of carbonyl (C=O) groups is 2. The molecule has 4 heterocycles. The lowest BCUT2D eigenvalue weighted by Crippen LogP contribution is -2.32. The lowest BCUT2D eigenvalue weighted by atomic mass is 9.98. The Morgan fingerprint density at radius 2 is 1.70 bits per heavy atom. The molecule has 0 bridgehead atoms. The van der Waals surface area contributed by atoms with E-state index in [4.69, 9.17) is 33.0 Å². The number of aromatic nitrogens is 4. The van der Waals surface area contributed by atoms with Crippen LogP contribution in [-0.4, -0.2) is 49.5 Å². The van der Waals surface area contributed by atoms with Crippen molar-refractivity contribution in [2.75, 3.05) is 18.1 Å². The highest BCUT2D eigenvalue weighted by atomic mass is 35.5. The van der Waals surface area contributed by atoms with Crippen molar-refractivity contribution < 1.29 is 19.4 Å². The van der Waals surface area contributed by atoms with Gasteiger partial charge in [-0.25, -0.2) is 4.79 Å². The van der Waals surface area contributed by atoms with E-state index in [0.29, 0.717) is 60.9 Å². The second kappa shape index (κ2) is 14.4. The molecule has 0 saturated heterocycles. The fraction of sp³-hybridized carbons (Fsp3) is 0.286. The van der Waals surface area contributed by atoms with E-state index in [-0.39, 0.29) is 11.5 Å². The van der Waals surface area contributed by atoms with E-state index in [1.807, 2.05) is 88.8 Å². The van der Waals surface area contributed by atoms with E-state index in [1.54, 1.807) is 23.2 Å². The minimum absolute atomic E-state index is 0.0972. The van der Waals surface area contributed by atoms with E-state index < -0.39 is 5.97 Å². The second-order valence-electron chi connectivity index (χ2n) is 13.8.